The van der Waals surface area contributed by atoms with E-state index in [1.807, 2.05) is 0 Å². The average molecular weight is 405 g/mol. The summed E-state index contributed by atoms with van der Waals surface area (Å²) in [7, 11) is 0. The average Bonchev–Trinajstić information content (AvgIpc) is 2.75. The van der Waals surface area contributed by atoms with E-state index in [2.05, 4.69) is 82.3 Å². The van der Waals surface area contributed by atoms with Crippen molar-refractivity contribution in [3.63, 3.8) is 0 Å². The van der Waals surface area contributed by atoms with E-state index in [-0.39, 0.29) is 16.9 Å². The molecule has 2 aliphatic carbocycles. The molecule has 0 heterocycles. The normalized spacial score (nSPS) is 28.4. The molecule has 4 rings (SSSR count). The molecule has 1 saturated carbocycles. The van der Waals surface area contributed by atoms with Crippen LogP contribution in [-0.4, -0.2) is 6.61 Å². The molecule has 0 spiro atoms. The third kappa shape index (κ3) is 3.86. The van der Waals surface area contributed by atoms with E-state index < -0.39 is 0 Å². The summed E-state index contributed by atoms with van der Waals surface area (Å²) in [5, 5.41) is 0. The molecule has 0 saturated heterocycles. The monoisotopic (exact) mass is 404 g/mol. The molecule has 2 aromatic carbocycles. The zero-order valence-corrected chi connectivity index (χ0v) is 19.5. The molecule has 0 aromatic heterocycles. The highest BCUT2D eigenvalue weighted by molar-refractivity contribution is 5.39. The van der Waals surface area contributed by atoms with E-state index in [4.69, 9.17) is 4.74 Å². The van der Waals surface area contributed by atoms with Crippen molar-refractivity contribution in [2.75, 3.05) is 6.61 Å². The van der Waals surface area contributed by atoms with Crippen molar-refractivity contribution < 1.29 is 4.74 Å². The van der Waals surface area contributed by atoms with Gasteiger partial charge in [-0.1, -0.05) is 95.1 Å². The molecule has 1 heteroatoms. The van der Waals surface area contributed by atoms with E-state index in [0.29, 0.717) is 11.8 Å². The lowest BCUT2D eigenvalue weighted by Gasteiger charge is -2.59. The van der Waals surface area contributed by atoms with Gasteiger partial charge in [-0.2, -0.15) is 0 Å². The van der Waals surface area contributed by atoms with Gasteiger partial charge in [0.25, 0.3) is 0 Å². The van der Waals surface area contributed by atoms with Crippen LogP contribution in [0.3, 0.4) is 0 Å². The van der Waals surface area contributed by atoms with Gasteiger partial charge >= 0.3 is 0 Å². The number of hydrogen-bond acceptors (Lipinski definition) is 1. The first-order valence-electron chi connectivity index (χ1n) is 12.2. The molecule has 1 fully saturated rings. The molecule has 0 N–H and O–H groups in total. The Morgan fingerprint density at radius 1 is 0.933 bits per heavy atom. The minimum Gasteiger partial charge on any atom is -0.373 e. The van der Waals surface area contributed by atoms with Crippen molar-refractivity contribution >= 4 is 0 Å². The van der Waals surface area contributed by atoms with Crippen molar-refractivity contribution in [3.05, 3.63) is 71.3 Å². The van der Waals surface area contributed by atoms with E-state index in [9.17, 15) is 0 Å². The van der Waals surface area contributed by atoms with Crippen molar-refractivity contribution in [2.45, 2.75) is 84.2 Å². The molecule has 2 aromatic rings. The SMILES string of the molecule is CCCCCOC(c1ccccc1)[C@H]1CC[C@]2(C)c3ccccc3CC[C@H]2C1(C)C. The lowest BCUT2D eigenvalue weighted by molar-refractivity contribution is -0.0993. The number of benzene rings is 2. The van der Waals surface area contributed by atoms with Crippen molar-refractivity contribution in [2.24, 2.45) is 17.3 Å². The predicted octanol–water partition coefficient (Wildman–Crippen LogP) is 7.89. The van der Waals surface area contributed by atoms with Crippen LogP contribution in [0.1, 0.15) is 89.0 Å². The van der Waals surface area contributed by atoms with Gasteiger partial charge in [0.1, 0.15) is 0 Å². The molecule has 1 unspecified atom stereocenters. The van der Waals surface area contributed by atoms with Crippen LogP contribution in [-0.2, 0) is 16.6 Å². The number of hydrogen-bond donors (Lipinski definition) is 0. The number of unbranched alkanes of at least 4 members (excludes halogenated alkanes) is 2. The van der Waals surface area contributed by atoms with Gasteiger partial charge in [0.15, 0.2) is 0 Å². The summed E-state index contributed by atoms with van der Waals surface area (Å²) in [6.45, 7) is 10.8. The Balaban J connectivity index is 1.64. The Morgan fingerprint density at radius 2 is 1.67 bits per heavy atom. The quantitative estimate of drug-likeness (QED) is 0.426. The second kappa shape index (κ2) is 8.87. The van der Waals surface area contributed by atoms with E-state index >= 15 is 0 Å². The molecular formula is C29H40O. The van der Waals surface area contributed by atoms with E-state index in [1.165, 1.54) is 50.5 Å². The summed E-state index contributed by atoms with van der Waals surface area (Å²) in [6, 6.07) is 20.3. The van der Waals surface area contributed by atoms with Crippen molar-refractivity contribution in [3.8, 4) is 0 Å². The van der Waals surface area contributed by atoms with Crippen LogP contribution in [0, 0.1) is 17.3 Å². The summed E-state index contributed by atoms with van der Waals surface area (Å²) in [6.07, 6.45) is 8.91. The largest absolute Gasteiger partial charge is 0.373 e. The van der Waals surface area contributed by atoms with Crippen LogP contribution in [0.4, 0.5) is 0 Å². The Hall–Kier alpha value is -1.60. The van der Waals surface area contributed by atoms with Crippen LogP contribution in [0.5, 0.6) is 0 Å². The highest BCUT2D eigenvalue weighted by Crippen LogP contribution is 2.61. The lowest BCUT2D eigenvalue weighted by Crippen LogP contribution is -2.53. The summed E-state index contributed by atoms with van der Waals surface area (Å²) in [5.41, 5.74) is 5.10. The highest BCUT2D eigenvalue weighted by Gasteiger charge is 2.55. The number of ether oxygens (including phenoxy) is 1. The molecular weight excluding hydrogens is 364 g/mol. The van der Waals surface area contributed by atoms with E-state index in [1.54, 1.807) is 11.1 Å². The molecule has 4 atom stereocenters. The summed E-state index contributed by atoms with van der Waals surface area (Å²) < 4.78 is 6.69. The van der Waals surface area contributed by atoms with Crippen LogP contribution < -0.4 is 0 Å². The first-order chi connectivity index (χ1) is 14.5. The molecule has 0 amide bonds. The first-order valence-corrected chi connectivity index (χ1v) is 12.2. The Morgan fingerprint density at radius 3 is 2.43 bits per heavy atom. The maximum atomic E-state index is 6.69. The van der Waals surface area contributed by atoms with Crippen LogP contribution in [0.25, 0.3) is 0 Å². The number of aryl methyl sites for hydroxylation is 1. The Labute approximate surface area is 184 Å². The van der Waals surface area contributed by atoms with Gasteiger partial charge in [-0.25, -0.2) is 0 Å². The standard InChI is InChI=1S/C29H40O/c1-5-6-12-21-30-27(23-14-8-7-9-15-23)25-19-20-29(4)24-16-11-10-13-22(24)17-18-26(29)28(25,2)3/h7-11,13-16,25-27H,5-6,12,17-21H2,1-4H3/t25-,26+,27?,29-/m1/s1. The molecule has 0 bridgehead atoms. The zero-order valence-electron chi connectivity index (χ0n) is 19.5. The fourth-order valence-corrected chi connectivity index (χ4v) is 6.88. The topological polar surface area (TPSA) is 9.23 Å². The van der Waals surface area contributed by atoms with Gasteiger partial charge in [0.05, 0.1) is 6.10 Å². The van der Waals surface area contributed by atoms with Gasteiger partial charge in [0, 0.05) is 6.61 Å². The van der Waals surface area contributed by atoms with Crippen LogP contribution in [0.15, 0.2) is 54.6 Å². The summed E-state index contributed by atoms with van der Waals surface area (Å²) in [5.74, 6) is 1.26. The third-order valence-corrected chi connectivity index (χ3v) is 8.47. The van der Waals surface area contributed by atoms with Crippen LogP contribution in [0.2, 0.25) is 0 Å². The van der Waals surface area contributed by atoms with Gasteiger partial charge in [-0.15, -0.1) is 0 Å². The summed E-state index contributed by atoms with van der Waals surface area (Å²) >= 11 is 0. The minimum atomic E-state index is 0.208. The van der Waals surface area contributed by atoms with E-state index in [0.717, 1.165) is 6.61 Å². The molecule has 2 aliphatic rings. The second-order valence-corrected chi connectivity index (χ2v) is 10.5. The zero-order chi connectivity index (χ0) is 21.2. The molecule has 30 heavy (non-hydrogen) atoms. The molecule has 162 valence electrons. The number of fused-ring (bicyclic) bond motifs is 3. The fourth-order valence-electron chi connectivity index (χ4n) is 6.88. The molecule has 0 aliphatic heterocycles. The second-order valence-electron chi connectivity index (χ2n) is 10.5. The predicted molar refractivity (Wildman–Crippen MR) is 127 cm³/mol. The molecule has 0 radical (unpaired) electrons. The van der Waals surface area contributed by atoms with Crippen LogP contribution >= 0.6 is 0 Å². The Bertz CT molecular complexity index is 823. The fraction of sp³-hybridized carbons (Fsp3) is 0.586. The maximum Gasteiger partial charge on any atom is 0.0858 e. The maximum absolute atomic E-state index is 6.69. The third-order valence-electron chi connectivity index (χ3n) is 8.47. The van der Waals surface area contributed by atoms with Gasteiger partial charge < -0.3 is 4.74 Å². The Kier molecular flexibility index (Phi) is 6.39. The minimum absolute atomic E-state index is 0.208. The number of rotatable bonds is 7. The highest BCUT2D eigenvalue weighted by atomic mass is 16.5. The first kappa shape index (κ1) is 21.6. The molecule has 1 nitrogen and oxygen atoms in total. The van der Waals surface area contributed by atoms with Gasteiger partial charge in [-0.05, 0) is 71.5 Å². The van der Waals surface area contributed by atoms with Gasteiger partial charge in [-0.3, -0.25) is 0 Å². The van der Waals surface area contributed by atoms with Gasteiger partial charge in [0.2, 0.25) is 0 Å². The smallest absolute Gasteiger partial charge is 0.0858 e. The van der Waals surface area contributed by atoms with Crippen molar-refractivity contribution in [1.29, 1.82) is 0 Å². The van der Waals surface area contributed by atoms with Crippen molar-refractivity contribution in [1.82, 2.24) is 0 Å². The summed E-state index contributed by atoms with van der Waals surface area (Å²) in [4.78, 5) is 0. The lowest BCUT2D eigenvalue weighted by atomic mass is 9.46.